The molecule has 0 aliphatic rings. The Labute approximate surface area is 131 Å². The van der Waals surface area contributed by atoms with Gasteiger partial charge >= 0.3 is 0 Å². The Morgan fingerprint density at radius 1 is 1.32 bits per heavy atom. The van der Waals surface area contributed by atoms with Crippen LogP contribution in [0.2, 0.25) is 0 Å². The van der Waals surface area contributed by atoms with Crippen LogP contribution >= 0.6 is 11.8 Å². The molecule has 112 valence electrons. The third-order valence-electron chi connectivity index (χ3n) is 3.03. The van der Waals surface area contributed by atoms with Gasteiger partial charge in [-0.15, -0.1) is 0 Å². The summed E-state index contributed by atoms with van der Waals surface area (Å²) in [5, 5.41) is 12.8. The molecule has 1 amide bonds. The van der Waals surface area contributed by atoms with E-state index in [9.17, 15) is 9.90 Å². The van der Waals surface area contributed by atoms with Gasteiger partial charge in [0.25, 0.3) is 5.22 Å². The van der Waals surface area contributed by atoms with Gasteiger partial charge in [-0.25, -0.2) is 4.98 Å². The zero-order valence-electron chi connectivity index (χ0n) is 11.9. The van der Waals surface area contributed by atoms with Gasteiger partial charge in [-0.05, 0) is 36.8 Å². The molecule has 0 unspecified atom stereocenters. The number of hydrogen-bond acceptors (Lipinski definition) is 5. The molecule has 2 N–H and O–H groups in total. The van der Waals surface area contributed by atoms with E-state index in [4.69, 9.17) is 4.42 Å². The maximum atomic E-state index is 12.0. The predicted molar refractivity (Wildman–Crippen MR) is 86.2 cm³/mol. The van der Waals surface area contributed by atoms with Gasteiger partial charge in [0.1, 0.15) is 11.3 Å². The molecule has 6 heteroatoms. The zero-order chi connectivity index (χ0) is 15.5. The fourth-order valence-electron chi connectivity index (χ4n) is 1.98. The highest BCUT2D eigenvalue weighted by atomic mass is 32.2. The number of thioether (sulfide) groups is 1. The molecule has 0 atom stereocenters. The molecule has 5 nitrogen and oxygen atoms in total. The molecule has 0 saturated heterocycles. The lowest BCUT2D eigenvalue weighted by molar-refractivity contribution is -0.113. The Kier molecular flexibility index (Phi) is 4.02. The van der Waals surface area contributed by atoms with Crippen LogP contribution in [0.25, 0.3) is 11.1 Å². The molecule has 22 heavy (non-hydrogen) atoms. The smallest absolute Gasteiger partial charge is 0.257 e. The molecule has 0 bridgehead atoms. The minimum Gasteiger partial charge on any atom is -0.506 e. The van der Waals surface area contributed by atoms with Gasteiger partial charge in [-0.1, -0.05) is 30.0 Å². The summed E-state index contributed by atoms with van der Waals surface area (Å²) >= 11 is 1.21. The second kappa shape index (κ2) is 6.11. The van der Waals surface area contributed by atoms with Gasteiger partial charge < -0.3 is 14.8 Å². The third-order valence-corrected chi connectivity index (χ3v) is 3.86. The highest BCUT2D eigenvalue weighted by Crippen LogP contribution is 2.26. The standard InChI is InChI=1S/C16H14N2O3S/c1-10-6-7-13(19)12(8-10)17-15(20)9-22-16-18-11-4-2-3-5-14(11)21-16/h2-8,19H,9H2,1H3,(H,17,20). The Balaban J connectivity index is 1.63. The lowest BCUT2D eigenvalue weighted by atomic mass is 10.2. The van der Waals surface area contributed by atoms with Crippen LogP contribution in [0.5, 0.6) is 5.75 Å². The number of phenolic OH excluding ortho intramolecular Hbond substituents is 1. The van der Waals surface area contributed by atoms with Crippen LogP contribution in [0.4, 0.5) is 5.69 Å². The molecule has 1 heterocycles. The normalized spacial score (nSPS) is 10.8. The number of aryl methyl sites for hydroxylation is 1. The first-order valence-electron chi connectivity index (χ1n) is 6.69. The topological polar surface area (TPSA) is 75.4 Å². The van der Waals surface area contributed by atoms with Crippen molar-refractivity contribution >= 4 is 34.5 Å². The van der Waals surface area contributed by atoms with Crippen molar-refractivity contribution in [2.45, 2.75) is 12.1 Å². The third kappa shape index (κ3) is 3.23. The van der Waals surface area contributed by atoms with Gasteiger partial charge in [0.15, 0.2) is 5.58 Å². The first kappa shape index (κ1) is 14.5. The van der Waals surface area contributed by atoms with Crippen LogP contribution in [0.15, 0.2) is 52.1 Å². The summed E-state index contributed by atoms with van der Waals surface area (Å²) in [4.78, 5) is 16.2. The summed E-state index contributed by atoms with van der Waals surface area (Å²) in [6.07, 6.45) is 0. The van der Waals surface area contributed by atoms with Gasteiger partial charge in [0, 0.05) is 0 Å². The fraction of sp³-hybridized carbons (Fsp3) is 0.125. The number of carbonyl (C=O) groups is 1. The number of nitrogens with zero attached hydrogens (tertiary/aromatic N) is 1. The largest absolute Gasteiger partial charge is 0.506 e. The predicted octanol–water partition coefficient (Wildman–Crippen LogP) is 3.57. The number of benzene rings is 2. The molecular formula is C16H14N2O3S. The number of nitrogens with one attached hydrogen (secondary N) is 1. The second-order valence-corrected chi connectivity index (χ2v) is 5.73. The van der Waals surface area contributed by atoms with E-state index >= 15 is 0 Å². The van der Waals surface area contributed by atoms with E-state index in [1.807, 2.05) is 31.2 Å². The number of phenols is 1. The van der Waals surface area contributed by atoms with Crippen LogP contribution in [0.3, 0.4) is 0 Å². The molecule has 0 saturated carbocycles. The van der Waals surface area contributed by atoms with Crippen LogP contribution in [-0.4, -0.2) is 21.8 Å². The van der Waals surface area contributed by atoms with Crippen molar-refractivity contribution in [3.63, 3.8) is 0 Å². The van der Waals surface area contributed by atoms with Crippen molar-refractivity contribution in [2.24, 2.45) is 0 Å². The number of carbonyl (C=O) groups excluding carboxylic acids is 1. The average molecular weight is 314 g/mol. The number of para-hydroxylation sites is 2. The number of hydrogen-bond donors (Lipinski definition) is 2. The Morgan fingerprint density at radius 2 is 2.14 bits per heavy atom. The minimum atomic E-state index is -0.229. The number of aromatic nitrogens is 1. The molecular weight excluding hydrogens is 300 g/mol. The molecule has 3 rings (SSSR count). The van der Waals surface area contributed by atoms with Crippen LogP contribution in [0.1, 0.15) is 5.56 Å². The number of anilines is 1. The van der Waals surface area contributed by atoms with E-state index in [0.29, 0.717) is 16.5 Å². The van der Waals surface area contributed by atoms with Gasteiger partial charge in [-0.3, -0.25) is 4.79 Å². The molecule has 0 aliphatic carbocycles. The maximum absolute atomic E-state index is 12.0. The van der Waals surface area contributed by atoms with E-state index < -0.39 is 0 Å². The van der Waals surface area contributed by atoms with E-state index in [0.717, 1.165) is 11.1 Å². The van der Waals surface area contributed by atoms with Crippen molar-refractivity contribution in [3.05, 3.63) is 48.0 Å². The maximum Gasteiger partial charge on any atom is 0.257 e. The highest BCUT2D eigenvalue weighted by molar-refractivity contribution is 7.99. The second-order valence-electron chi connectivity index (χ2n) is 4.80. The van der Waals surface area contributed by atoms with Crippen LogP contribution < -0.4 is 5.32 Å². The monoisotopic (exact) mass is 314 g/mol. The lowest BCUT2D eigenvalue weighted by Crippen LogP contribution is -2.14. The van der Waals surface area contributed by atoms with E-state index in [2.05, 4.69) is 10.3 Å². The number of rotatable bonds is 4. The SMILES string of the molecule is Cc1ccc(O)c(NC(=O)CSc2nc3ccccc3o2)c1. The minimum absolute atomic E-state index is 0.0470. The first-order chi connectivity index (χ1) is 10.6. The summed E-state index contributed by atoms with van der Waals surface area (Å²) in [6.45, 7) is 1.89. The summed E-state index contributed by atoms with van der Waals surface area (Å²) in [7, 11) is 0. The summed E-state index contributed by atoms with van der Waals surface area (Å²) < 4.78 is 5.53. The molecule has 1 aromatic heterocycles. The Hall–Kier alpha value is -2.47. The lowest BCUT2D eigenvalue weighted by Gasteiger charge is -2.07. The van der Waals surface area contributed by atoms with Crippen LogP contribution in [-0.2, 0) is 4.79 Å². The number of fused-ring (bicyclic) bond motifs is 1. The van der Waals surface area contributed by atoms with Crippen molar-refractivity contribution < 1.29 is 14.3 Å². The van der Waals surface area contributed by atoms with Gasteiger partial charge in [-0.2, -0.15) is 0 Å². The number of oxazole rings is 1. The van der Waals surface area contributed by atoms with Crippen molar-refractivity contribution in [1.29, 1.82) is 0 Å². The molecule has 0 aliphatic heterocycles. The molecule has 0 radical (unpaired) electrons. The summed E-state index contributed by atoms with van der Waals surface area (Å²) in [5.74, 6) is -0.0285. The quantitative estimate of drug-likeness (QED) is 0.569. The first-order valence-corrected chi connectivity index (χ1v) is 7.68. The van der Waals surface area contributed by atoms with E-state index in [1.54, 1.807) is 18.2 Å². The van der Waals surface area contributed by atoms with Gasteiger partial charge in [0.05, 0.1) is 11.4 Å². The van der Waals surface area contributed by atoms with Crippen molar-refractivity contribution in [1.82, 2.24) is 4.98 Å². The van der Waals surface area contributed by atoms with Crippen LogP contribution in [0, 0.1) is 6.92 Å². The van der Waals surface area contributed by atoms with E-state index in [-0.39, 0.29) is 17.4 Å². The van der Waals surface area contributed by atoms with Gasteiger partial charge in [0.2, 0.25) is 5.91 Å². The molecule has 0 fully saturated rings. The highest BCUT2D eigenvalue weighted by Gasteiger charge is 2.11. The number of aromatic hydroxyl groups is 1. The summed E-state index contributed by atoms with van der Waals surface area (Å²) in [6, 6.07) is 12.5. The Morgan fingerprint density at radius 3 is 2.95 bits per heavy atom. The molecule has 2 aromatic carbocycles. The molecule has 0 spiro atoms. The Bertz CT molecular complexity index is 796. The summed E-state index contributed by atoms with van der Waals surface area (Å²) in [5.41, 5.74) is 2.83. The van der Waals surface area contributed by atoms with E-state index in [1.165, 1.54) is 11.8 Å². The zero-order valence-corrected chi connectivity index (χ0v) is 12.7. The van der Waals surface area contributed by atoms with Crippen molar-refractivity contribution in [3.8, 4) is 5.75 Å². The fourth-order valence-corrected chi connectivity index (χ4v) is 2.61. The molecule has 3 aromatic rings. The van der Waals surface area contributed by atoms with Crippen molar-refractivity contribution in [2.75, 3.05) is 11.1 Å². The average Bonchev–Trinajstić information content (AvgIpc) is 2.92. The number of amides is 1.